The molecule has 3 nitrogen and oxygen atoms in total. The van der Waals surface area contributed by atoms with E-state index < -0.39 is 0 Å². The topological polar surface area (TPSA) is 49.9 Å². The van der Waals surface area contributed by atoms with Crippen LogP contribution in [-0.4, -0.2) is 10.8 Å². The number of hydrogen-bond donors (Lipinski definition) is 1. The van der Waals surface area contributed by atoms with E-state index in [0.717, 1.165) is 21.3 Å². The number of H-pyrrole nitrogens is 1. The van der Waals surface area contributed by atoms with Gasteiger partial charge in [0, 0.05) is 5.39 Å². The van der Waals surface area contributed by atoms with Gasteiger partial charge >= 0.3 is 0 Å². The highest BCUT2D eigenvalue weighted by Gasteiger charge is 2.14. The lowest BCUT2D eigenvalue weighted by Crippen LogP contribution is -2.18. The van der Waals surface area contributed by atoms with Gasteiger partial charge in [-0.1, -0.05) is 36.4 Å². The maximum absolute atomic E-state index is 12.3. The van der Waals surface area contributed by atoms with E-state index in [1.807, 2.05) is 48.7 Å². The van der Waals surface area contributed by atoms with E-state index in [9.17, 15) is 9.59 Å². The van der Waals surface area contributed by atoms with Gasteiger partial charge in [0.05, 0.1) is 5.56 Å². The molecule has 0 fully saturated rings. The average molecular weight is 295 g/mol. The molecule has 4 heteroatoms. The van der Waals surface area contributed by atoms with E-state index in [2.05, 4.69) is 4.98 Å². The predicted molar refractivity (Wildman–Crippen MR) is 87.0 cm³/mol. The van der Waals surface area contributed by atoms with Crippen molar-refractivity contribution in [2.45, 2.75) is 6.92 Å². The molecule has 2 aromatic heterocycles. The van der Waals surface area contributed by atoms with Crippen LogP contribution in [0.2, 0.25) is 0 Å². The van der Waals surface area contributed by atoms with Crippen molar-refractivity contribution in [3.05, 3.63) is 74.9 Å². The van der Waals surface area contributed by atoms with Crippen molar-refractivity contribution in [2.75, 3.05) is 0 Å². The van der Waals surface area contributed by atoms with Crippen LogP contribution in [0.5, 0.6) is 0 Å². The molecule has 21 heavy (non-hydrogen) atoms. The first-order chi connectivity index (χ1) is 10.2. The van der Waals surface area contributed by atoms with Gasteiger partial charge in [-0.05, 0) is 35.6 Å². The van der Waals surface area contributed by atoms with Gasteiger partial charge in [0.25, 0.3) is 5.56 Å². The molecule has 1 N–H and O–H groups in total. The molecular weight excluding hydrogens is 282 g/mol. The fraction of sp³-hybridized carbons (Fsp3) is 0.0588. The summed E-state index contributed by atoms with van der Waals surface area (Å²) in [6, 6.07) is 11.5. The molecule has 0 saturated carbocycles. The fourth-order valence-electron chi connectivity index (χ4n) is 2.29. The highest BCUT2D eigenvalue weighted by atomic mass is 32.1. The third kappa shape index (κ3) is 2.58. The molecular formula is C17H13NO2S. The summed E-state index contributed by atoms with van der Waals surface area (Å²) in [6.45, 7) is 1.81. The van der Waals surface area contributed by atoms with E-state index in [1.54, 1.807) is 6.08 Å². The summed E-state index contributed by atoms with van der Waals surface area (Å²) in [7, 11) is 0. The van der Waals surface area contributed by atoms with E-state index in [0.29, 0.717) is 0 Å². The number of aromatic amines is 1. The molecule has 2 heterocycles. The van der Waals surface area contributed by atoms with Crippen LogP contribution in [0.15, 0.2) is 52.6 Å². The van der Waals surface area contributed by atoms with Gasteiger partial charge in [-0.2, -0.15) is 0 Å². The van der Waals surface area contributed by atoms with Crippen molar-refractivity contribution in [3.8, 4) is 0 Å². The number of fused-ring (bicyclic) bond motifs is 1. The van der Waals surface area contributed by atoms with Gasteiger partial charge in [0.1, 0.15) is 4.83 Å². The molecule has 0 aliphatic heterocycles. The number of benzene rings is 1. The van der Waals surface area contributed by atoms with Crippen molar-refractivity contribution in [1.29, 1.82) is 0 Å². The number of hydrogen-bond acceptors (Lipinski definition) is 3. The summed E-state index contributed by atoms with van der Waals surface area (Å²) in [6.07, 6.45) is 3.17. The van der Waals surface area contributed by atoms with Crippen LogP contribution < -0.4 is 5.56 Å². The molecule has 0 atom stereocenters. The van der Waals surface area contributed by atoms with Crippen LogP contribution in [0.1, 0.15) is 21.5 Å². The normalized spacial score (nSPS) is 11.3. The zero-order valence-electron chi connectivity index (χ0n) is 11.4. The Balaban J connectivity index is 2.02. The number of carbonyl (C=O) groups excluding carboxylic acids is 1. The average Bonchev–Trinajstić information content (AvgIpc) is 2.94. The smallest absolute Gasteiger partial charge is 0.260 e. The van der Waals surface area contributed by atoms with Crippen molar-refractivity contribution >= 4 is 33.4 Å². The van der Waals surface area contributed by atoms with Gasteiger partial charge in [0.15, 0.2) is 5.78 Å². The lowest BCUT2D eigenvalue weighted by molar-refractivity contribution is 0.104. The summed E-state index contributed by atoms with van der Waals surface area (Å²) < 4.78 is 0. The molecule has 1 aromatic carbocycles. The Morgan fingerprint density at radius 3 is 2.71 bits per heavy atom. The molecule has 0 spiro atoms. The van der Waals surface area contributed by atoms with E-state index in [1.165, 1.54) is 17.4 Å². The Kier molecular flexibility index (Phi) is 3.54. The first-order valence-electron chi connectivity index (χ1n) is 6.54. The number of rotatable bonds is 3. The van der Waals surface area contributed by atoms with E-state index in [4.69, 9.17) is 0 Å². The van der Waals surface area contributed by atoms with Gasteiger partial charge in [-0.15, -0.1) is 11.3 Å². The number of aromatic nitrogens is 1. The SMILES string of the molecule is Cc1c(C(=O)/C=C/c2ccccc2)c(=O)[nH]c2sccc12. The highest BCUT2D eigenvalue weighted by Crippen LogP contribution is 2.22. The maximum Gasteiger partial charge on any atom is 0.260 e. The maximum atomic E-state index is 12.3. The monoisotopic (exact) mass is 295 g/mol. The number of thiophene rings is 1. The molecule has 0 radical (unpaired) electrons. The third-order valence-corrected chi connectivity index (χ3v) is 4.20. The van der Waals surface area contributed by atoms with Crippen LogP contribution in [-0.2, 0) is 0 Å². The van der Waals surface area contributed by atoms with Crippen molar-refractivity contribution in [1.82, 2.24) is 4.98 Å². The number of carbonyl (C=O) groups is 1. The summed E-state index contributed by atoms with van der Waals surface area (Å²) >= 11 is 1.46. The second-order valence-electron chi connectivity index (χ2n) is 4.73. The van der Waals surface area contributed by atoms with Crippen molar-refractivity contribution < 1.29 is 4.79 Å². The Morgan fingerprint density at radius 2 is 1.95 bits per heavy atom. The minimum atomic E-state index is -0.329. The Labute approximate surface area is 125 Å². The Morgan fingerprint density at radius 1 is 1.19 bits per heavy atom. The summed E-state index contributed by atoms with van der Waals surface area (Å²) in [5.74, 6) is -0.272. The molecule has 0 unspecified atom stereocenters. The van der Waals surface area contributed by atoms with Crippen LogP contribution in [0.3, 0.4) is 0 Å². The van der Waals surface area contributed by atoms with Crippen LogP contribution >= 0.6 is 11.3 Å². The lowest BCUT2D eigenvalue weighted by atomic mass is 10.0. The minimum absolute atomic E-state index is 0.216. The minimum Gasteiger partial charge on any atom is -0.313 e. The molecule has 0 aliphatic carbocycles. The number of nitrogens with one attached hydrogen (secondary N) is 1. The lowest BCUT2D eigenvalue weighted by Gasteiger charge is -2.02. The molecule has 3 aromatic rings. The number of aryl methyl sites for hydroxylation is 1. The first kappa shape index (κ1) is 13.5. The zero-order valence-corrected chi connectivity index (χ0v) is 12.2. The summed E-state index contributed by atoms with van der Waals surface area (Å²) in [4.78, 5) is 28.0. The number of ketones is 1. The molecule has 0 amide bonds. The Bertz CT molecular complexity index is 888. The zero-order chi connectivity index (χ0) is 14.8. The fourth-order valence-corrected chi connectivity index (χ4v) is 3.13. The second kappa shape index (κ2) is 5.50. The molecule has 0 aliphatic rings. The van der Waals surface area contributed by atoms with Gasteiger partial charge in [0.2, 0.25) is 0 Å². The summed E-state index contributed by atoms with van der Waals surface area (Å²) in [5.41, 5.74) is 1.55. The first-order valence-corrected chi connectivity index (χ1v) is 7.42. The van der Waals surface area contributed by atoms with Crippen LogP contribution in [0.25, 0.3) is 16.3 Å². The second-order valence-corrected chi connectivity index (χ2v) is 5.64. The van der Waals surface area contributed by atoms with Crippen molar-refractivity contribution in [3.63, 3.8) is 0 Å². The third-order valence-electron chi connectivity index (χ3n) is 3.37. The summed E-state index contributed by atoms with van der Waals surface area (Å²) in [5, 5.41) is 2.83. The van der Waals surface area contributed by atoms with E-state index >= 15 is 0 Å². The molecule has 104 valence electrons. The number of allylic oxidation sites excluding steroid dienone is 1. The predicted octanol–water partition coefficient (Wildman–Crippen LogP) is 3.79. The van der Waals surface area contributed by atoms with E-state index in [-0.39, 0.29) is 16.9 Å². The van der Waals surface area contributed by atoms with Gasteiger partial charge < -0.3 is 4.98 Å². The number of pyridine rings is 1. The standard InChI is InChI=1S/C17H13NO2S/c1-11-13-9-10-21-17(13)18-16(20)15(11)14(19)8-7-12-5-3-2-4-6-12/h2-10H,1H3,(H,18,20)/b8-7+. The molecule has 0 bridgehead atoms. The van der Waals surface area contributed by atoms with Crippen LogP contribution in [0, 0.1) is 6.92 Å². The molecule has 0 saturated heterocycles. The highest BCUT2D eigenvalue weighted by molar-refractivity contribution is 7.16. The van der Waals surface area contributed by atoms with Gasteiger partial charge in [-0.25, -0.2) is 0 Å². The van der Waals surface area contributed by atoms with Crippen molar-refractivity contribution in [2.24, 2.45) is 0 Å². The van der Waals surface area contributed by atoms with Crippen LogP contribution in [0.4, 0.5) is 0 Å². The largest absolute Gasteiger partial charge is 0.313 e. The van der Waals surface area contributed by atoms with Gasteiger partial charge in [-0.3, -0.25) is 9.59 Å². The Hall–Kier alpha value is -2.46. The quantitative estimate of drug-likeness (QED) is 0.590. The molecule has 3 rings (SSSR count).